The van der Waals surface area contributed by atoms with Crippen LogP contribution in [0.25, 0.3) is 0 Å². The third kappa shape index (κ3) is 3.81. The minimum atomic E-state index is 0.0787. The molecule has 25 heavy (non-hydrogen) atoms. The summed E-state index contributed by atoms with van der Waals surface area (Å²) in [5.74, 6) is 1.42. The number of carbonyl (C=O) groups is 1. The summed E-state index contributed by atoms with van der Waals surface area (Å²) >= 11 is 0. The second-order valence-corrected chi connectivity index (χ2v) is 7.09. The zero-order valence-corrected chi connectivity index (χ0v) is 14.4. The Morgan fingerprint density at radius 1 is 1.12 bits per heavy atom. The molecule has 1 aliphatic carbocycles. The van der Waals surface area contributed by atoms with E-state index < -0.39 is 0 Å². The Labute approximate surface area is 148 Å². The molecule has 4 rings (SSSR count). The van der Waals surface area contributed by atoms with Crippen LogP contribution in [-0.4, -0.2) is 33.4 Å². The Morgan fingerprint density at radius 2 is 1.92 bits per heavy atom. The van der Waals surface area contributed by atoms with Crippen LogP contribution >= 0.6 is 0 Å². The highest BCUT2D eigenvalue weighted by Gasteiger charge is 2.30. The van der Waals surface area contributed by atoms with Crippen molar-refractivity contribution in [2.45, 2.75) is 50.6 Å². The van der Waals surface area contributed by atoms with Crippen molar-refractivity contribution >= 4 is 11.9 Å². The highest BCUT2D eigenvalue weighted by molar-refractivity contribution is 5.79. The number of benzene rings is 1. The van der Waals surface area contributed by atoms with E-state index in [-0.39, 0.29) is 11.9 Å². The first kappa shape index (κ1) is 16.1. The second kappa shape index (κ2) is 7.21. The largest absolute Gasteiger partial charge is 0.349 e. The van der Waals surface area contributed by atoms with Gasteiger partial charge in [0.15, 0.2) is 0 Å². The van der Waals surface area contributed by atoms with Gasteiger partial charge in [-0.2, -0.15) is 0 Å². The van der Waals surface area contributed by atoms with Crippen molar-refractivity contribution in [3.63, 3.8) is 0 Å². The average molecular weight is 336 g/mol. The van der Waals surface area contributed by atoms with Gasteiger partial charge in [0.05, 0.1) is 6.04 Å². The van der Waals surface area contributed by atoms with Crippen LogP contribution in [0, 0.1) is 0 Å². The molecule has 5 heteroatoms. The average Bonchev–Trinajstić information content (AvgIpc) is 3.27. The van der Waals surface area contributed by atoms with E-state index in [9.17, 15) is 4.79 Å². The van der Waals surface area contributed by atoms with Crippen LogP contribution in [-0.2, 0) is 11.3 Å². The molecule has 1 aliphatic heterocycles. The van der Waals surface area contributed by atoms with E-state index in [0.717, 1.165) is 11.3 Å². The normalized spacial score (nSPS) is 21.0. The molecular weight excluding hydrogens is 312 g/mol. The Hall–Kier alpha value is -2.43. The van der Waals surface area contributed by atoms with Gasteiger partial charge in [0.2, 0.25) is 11.9 Å². The maximum absolute atomic E-state index is 12.3. The van der Waals surface area contributed by atoms with E-state index in [4.69, 9.17) is 4.98 Å². The standard InChI is InChI=1S/C20H24N4O/c25-19-12-17(14-24(19)13-15-6-2-1-3-7-15)22-20-21-11-10-18(23-20)16-8-4-5-9-16/h1-3,6-7,10-11,16-17H,4-5,8-9,12-14H2,(H,21,22,23). The SMILES string of the molecule is O=C1CC(Nc2nccc(C3CCCC3)n2)CN1Cc1ccccc1. The van der Waals surface area contributed by atoms with Gasteiger partial charge in [0.25, 0.3) is 0 Å². The molecule has 1 aromatic heterocycles. The quantitative estimate of drug-likeness (QED) is 0.910. The minimum absolute atomic E-state index is 0.0787. The summed E-state index contributed by atoms with van der Waals surface area (Å²) < 4.78 is 0. The van der Waals surface area contributed by atoms with Gasteiger partial charge in [0.1, 0.15) is 0 Å². The number of likely N-dealkylation sites (tertiary alicyclic amines) is 1. The second-order valence-electron chi connectivity index (χ2n) is 7.09. The van der Waals surface area contributed by atoms with E-state index in [0.29, 0.717) is 31.4 Å². The van der Waals surface area contributed by atoms with Crippen molar-refractivity contribution in [1.82, 2.24) is 14.9 Å². The van der Waals surface area contributed by atoms with Gasteiger partial charge in [-0.15, -0.1) is 0 Å². The number of nitrogens with zero attached hydrogens (tertiary/aromatic N) is 3. The zero-order valence-electron chi connectivity index (χ0n) is 14.4. The predicted octanol–water partition coefficient (Wildman–Crippen LogP) is 3.35. The summed E-state index contributed by atoms with van der Waals surface area (Å²) in [5, 5.41) is 3.37. The maximum atomic E-state index is 12.3. The number of rotatable bonds is 5. The van der Waals surface area contributed by atoms with Gasteiger partial charge >= 0.3 is 0 Å². The minimum Gasteiger partial charge on any atom is -0.349 e. The third-order valence-corrected chi connectivity index (χ3v) is 5.21. The Kier molecular flexibility index (Phi) is 4.63. The van der Waals surface area contributed by atoms with Gasteiger partial charge in [0, 0.05) is 37.3 Å². The van der Waals surface area contributed by atoms with Crippen LogP contribution in [0.4, 0.5) is 5.95 Å². The fraction of sp³-hybridized carbons (Fsp3) is 0.450. The number of carbonyl (C=O) groups excluding carboxylic acids is 1. The van der Waals surface area contributed by atoms with Crippen molar-refractivity contribution in [3.8, 4) is 0 Å². The molecule has 130 valence electrons. The molecule has 5 nitrogen and oxygen atoms in total. The maximum Gasteiger partial charge on any atom is 0.225 e. The first-order valence-electron chi connectivity index (χ1n) is 9.19. The van der Waals surface area contributed by atoms with Crippen molar-refractivity contribution < 1.29 is 4.79 Å². The highest BCUT2D eigenvalue weighted by atomic mass is 16.2. The van der Waals surface area contributed by atoms with Crippen molar-refractivity contribution in [2.24, 2.45) is 0 Å². The van der Waals surface area contributed by atoms with Crippen LogP contribution in [0.15, 0.2) is 42.6 Å². The topological polar surface area (TPSA) is 58.1 Å². The molecule has 0 radical (unpaired) electrons. The van der Waals surface area contributed by atoms with Crippen LogP contribution in [0.5, 0.6) is 0 Å². The molecule has 2 aromatic rings. The van der Waals surface area contributed by atoms with Gasteiger partial charge in [-0.25, -0.2) is 9.97 Å². The summed E-state index contributed by atoms with van der Waals surface area (Å²) in [6, 6.07) is 12.2. The van der Waals surface area contributed by atoms with Gasteiger partial charge in [-0.1, -0.05) is 43.2 Å². The molecule has 1 saturated heterocycles. The fourth-order valence-corrected chi connectivity index (χ4v) is 3.90. The Morgan fingerprint density at radius 3 is 2.72 bits per heavy atom. The summed E-state index contributed by atoms with van der Waals surface area (Å²) in [7, 11) is 0. The lowest BCUT2D eigenvalue weighted by Crippen LogP contribution is -2.28. The van der Waals surface area contributed by atoms with E-state index in [1.165, 1.54) is 25.7 Å². The summed E-state index contributed by atoms with van der Waals surface area (Å²) in [6.07, 6.45) is 7.38. The van der Waals surface area contributed by atoms with Gasteiger partial charge in [-0.3, -0.25) is 4.79 Å². The molecule has 1 amide bonds. The number of anilines is 1. The monoisotopic (exact) mass is 336 g/mol. The van der Waals surface area contributed by atoms with E-state index >= 15 is 0 Å². The molecule has 2 fully saturated rings. The van der Waals surface area contributed by atoms with Crippen molar-refractivity contribution in [3.05, 3.63) is 53.9 Å². The number of nitrogens with one attached hydrogen (secondary N) is 1. The molecule has 2 heterocycles. The van der Waals surface area contributed by atoms with Crippen LogP contribution < -0.4 is 5.32 Å². The molecule has 1 N–H and O–H groups in total. The zero-order chi connectivity index (χ0) is 17.1. The smallest absolute Gasteiger partial charge is 0.225 e. The lowest BCUT2D eigenvalue weighted by atomic mass is 10.0. The van der Waals surface area contributed by atoms with Crippen molar-refractivity contribution in [2.75, 3.05) is 11.9 Å². The van der Waals surface area contributed by atoms with Crippen LogP contribution in [0.1, 0.15) is 49.3 Å². The molecule has 1 aromatic carbocycles. The van der Waals surface area contributed by atoms with Crippen LogP contribution in [0.3, 0.4) is 0 Å². The molecule has 1 saturated carbocycles. The summed E-state index contributed by atoms with van der Waals surface area (Å²) in [4.78, 5) is 23.3. The van der Waals surface area contributed by atoms with Gasteiger partial charge in [-0.05, 0) is 24.5 Å². The van der Waals surface area contributed by atoms with E-state index in [2.05, 4.69) is 22.4 Å². The lowest BCUT2D eigenvalue weighted by Gasteiger charge is -2.17. The molecule has 0 bridgehead atoms. The van der Waals surface area contributed by atoms with E-state index in [1.807, 2.05) is 35.4 Å². The Balaban J connectivity index is 1.38. The first-order valence-corrected chi connectivity index (χ1v) is 9.19. The fourth-order valence-electron chi connectivity index (χ4n) is 3.90. The van der Waals surface area contributed by atoms with Crippen LogP contribution in [0.2, 0.25) is 0 Å². The summed E-state index contributed by atoms with van der Waals surface area (Å²) in [5.41, 5.74) is 2.30. The first-order chi connectivity index (χ1) is 12.3. The van der Waals surface area contributed by atoms with E-state index in [1.54, 1.807) is 0 Å². The molecule has 2 aliphatic rings. The van der Waals surface area contributed by atoms with Gasteiger partial charge < -0.3 is 10.2 Å². The number of aromatic nitrogens is 2. The number of hydrogen-bond donors (Lipinski definition) is 1. The predicted molar refractivity (Wildman–Crippen MR) is 97.1 cm³/mol. The molecule has 1 unspecified atom stereocenters. The molecule has 1 atom stereocenters. The van der Waals surface area contributed by atoms with Crippen molar-refractivity contribution in [1.29, 1.82) is 0 Å². The number of hydrogen-bond acceptors (Lipinski definition) is 4. The molecular formula is C20H24N4O. The highest BCUT2D eigenvalue weighted by Crippen LogP contribution is 2.33. The summed E-state index contributed by atoms with van der Waals surface area (Å²) in [6.45, 7) is 1.37. The lowest BCUT2D eigenvalue weighted by molar-refractivity contribution is -0.128. The Bertz CT molecular complexity index is 727. The third-order valence-electron chi connectivity index (χ3n) is 5.21. The molecule has 0 spiro atoms. The number of amides is 1.